The average molecular weight is 281 g/mol. The number of ether oxygens (including phenoxy) is 1. The summed E-state index contributed by atoms with van der Waals surface area (Å²) in [6.07, 6.45) is 12.3. The van der Waals surface area contributed by atoms with Crippen molar-refractivity contribution in [2.75, 3.05) is 20.6 Å². The topological polar surface area (TPSA) is 12.5 Å². The molecule has 1 aromatic rings. The van der Waals surface area contributed by atoms with Crippen LogP contribution in [0.1, 0.15) is 17.5 Å². The zero-order chi connectivity index (χ0) is 14.7. The maximum atomic E-state index is 6.10. The number of hydrogen-bond acceptors (Lipinski definition) is 2. The quantitative estimate of drug-likeness (QED) is 0.838. The molecule has 0 spiro atoms. The maximum absolute atomic E-state index is 6.10. The summed E-state index contributed by atoms with van der Waals surface area (Å²) in [5.74, 6) is 0.334. The van der Waals surface area contributed by atoms with Crippen LogP contribution in [-0.4, -0.2) is 31.6 Å². The summed E-state index contributed by atoms with van der Waals surface area (Å²) in [4.78, 5) is 2.23. The van der Waals surface area contributed by atoms with Gasteiger partial charge >= 0.3 is 0 Å². The number of nitrogens with zero attached hydrogens (tertiary/aromatic N) is 1. The Labute approximate surface area is 127 Å². The molecule has 2 atom stereocenters. The molecule has 3 rings (SSSR count). The lowest BCUT2D eigenvalue weighted by Gasteiger charge is -2.24. The zero-order valence-corrected chi connectivity index (χ0v) is 12.8. The van der Waals surface area contributed by atoms with Crippen LogP contribution in [0.15, 0.2) is 54.6 Å². The molecule has 0 amide bonds. The number of allylic oxidation sites excluding steroid dienone is 2. The van der Waals surface area contributed by atoms with Crippen molar-refractivity contribution in [3.8, 4) is 0 Å². The van der Waals surface area contributed by atoms with Gasteiger partial charge in [0, 0.05) is 12.5 Å². The molecule has 1 heterocycles. The third-order valence-electron chi connectivity index (χ3n) is 4.14. The lowest BCUT2D eigenvalue weighted by Crippen LogP contribution is -2.21. The van der Waals surface area contributed by atoms with Gasteiger partial charge in [0.2, 0.25) is 0 Å². The van der Waals surface area contributed by atoms with E-state index in [-0.39, 0.29) is 6.10 Å². The molecular formula is C19H23NO. The van der Waals surface area contributed by atoms with E-state index in [4.69, 9.17) is 4.74 Å². The van der Waals surface area contributed by atoms with Crippen LogP contribution in [0.25, 0.3) is 5.57 Å². The summed E-state index contributed by atoms with van der Waals surface area (Å²) in [5, 5.41) is 0. The molecule has 0 saturated carbocycles. The normalized spacial score (nSPS) is 25.8. The van der Waals surface area contributed by atoms with E-state index in [0.717, 1.165) is 13.0 Å². The first-order valence-corrected chi connectivity index (χ1v) is 7.65. The minimum absolute atomic E-state index is 0.160. The molecule has 0 saturated heterocycles. The molecule has 0 N–H and O–H groups in total. The molecule has 0 bridgehead atoms. The Morgan fingerprint density at radius 3 is 2.86 bits per heavy atom. The number of benzene rings is 1. The van der Waals surface area contributed by atoms with Crippen molar-refractivity contribution in [3.63, 3.8) is 0 Å². The van der Waals surface area contributed by atoms with Crippen LogP contribution >= 0.6 is 0 Å². The molecule has 2 unspecified atom stereocenters. The molecule has 1 aromatic carbocycles. The Balaban J connectivity index is 1.97. The molecule has 0 radical (unpaired) electrons. The highest BCUT2D eigenvalue weighted by Gasteiger charge is 2.28. The zero-order valence-electron chi connectivity index (χ0n) is 12.8. The van der Waals surface area contributed by atoms with Gasteiger partial charge in [0.1, 0.15) is 0 Å². The molecule has 0 aromatic heterocycles. The lowest BCUT2D eigenvalue weighted by atomic mass is 9.84. The standard InChI is InChI=1S/C19H23NO/c1-20(2)13-7-11-17-16-9-4-3-8-15(16)14-21-19-12-6-5-10-18(17)19/h3-6,8-12,18-19H,7,13-14H2,1-2H3/b17-11+. The third kappa shape index (κ3) is 3.17. The minimum Gasteiger partial charge on any atom is -0.368 e. The first-order chi connectivity index (χ1) is 10.3. The fraction of sp³-hybridized carbons (Fsp3) is 0.368. The number of fused-ring (bicyclic) bond motifs is 2. The van der Waals surface area contributed by atoms with Gasteiger partial charge in [0.05, 0.1) is 12.7 Å². The van der Waals surface area contributed by atoms with Crippen LogP contribution in [0.5, 0.6) is 0 Å². The predicted molar refractivity (Wildman–Crippen MR) is 87.9 cm³/mol. The predicted octanol–water partition coefficient (Wildman–Crippen LogP) is 3.66. The van der Waals surface area contributed by atoms with Crippen molar-refractivity contribution < 1.29 is 4.74 Å². The summed E-state index contributed by atoms with van der Waals surface area (Å²) < 4.78 is 6.10. The van der Waals surface area contributed by atoms with Gasteiger partial charge in [-0.05, 0) is 37.2 Å². The largest absolute Gasteiger partial charge is 0.368 e. The Hall–Kier alpha value is -1.64. The average Bonchev–Trinajstić information content (AvgIpc) is 2.65. The monoisotopic (exact) mass is 281 g/mol. The molecule has 0 fully saturated rings. The SMILES string of the molecule is CN(C)CC/C=C1\c2ccccc2COC2C=CC=CC12. The summed E-state index contributed by atoms with van der Waals surface area (Å²) in [5.41, 5.74) is 4.06. The van der Waals surface area contributed by atoms with E-state index in [1.165, 1.54) is 16.7 Å². The van der Waals surface area contributed by atoms with Gasteiger partial charge in [-0.25, -0.2) is 0 Å². The molecular weight excluding hydrogens is 258 g/mol. The first kappa shape index (κ1) is 14.3. The van der Waals surface area contributed by atoms with Crippen LogP contribution in [0.3, 0.4) is 0 Å². The minimum atomic E-state index is 0.160. The van der Waals surface area contributed by atoms with Crippen molar-refractivity contribution in [1.29, 1.82) is 0 Å². The summed E-state index contributed by atoms with van der Waals surface area (Å²) in [7, 11) is 4.24. The van der Waals surface area contributed by atoms with Crippen molar-refractivity contribution >= 4 is 5.57 Å². The van der Waals surface area contributed by atoms with Crippen LogP contribution < -0.4 is 0 Å². The fourth-order valence-corrected chi connectivity index (χ4v) is 3.04. The van der Waals surface area contributed by atoms with Gasteiger partial charge in [0.25, 0.3) is 0 Å². The molecule has 2 heteroatoms. The fourth-order valence-electron chi connectivity index (χ4n) is 3.04. The van der Waals surface area contributed by atoms with Gasteiger partial charge in [-0.15, -0.1) is 0 Å². The van der Waals surface area contributed by atoms with Crippen molar-refractivity contribution in [3.05, 3.63) is 65.8 Å². The molecule has 110 valence electrons. The van der Waals surface area contributed by atoms with E-state index in [9.17, 15) is 0 Å². The first-order valence-electron chi connectivity index (χ1n) is 7.65. The van der Waals surface area contributed by atoms with Crippen molar-refractivity contribution in [2.45, 2.75) is 19.1 Å². The van der Waals surface area contributed by atoms with Gasteiger partial charge < -0.3 is 9.64 Å². The van der Waals surface area contributed by atoms with E-state index in [1.54, 1.807) is 0 Å². The van der Waals surface area contributed by atoms with E-state index in [2.05, 4.69) is 73.6 Å². The highest BCUT2D eigenvalue weighted by Crippen LogP contribution is 2.37. The van der Waals surface area contributed by atoms with E-state index in [0.29, 0.717) is 12.5 Å². The van der Waals surface area contributed by atoms with Gasteiger partial charge in [-0.2, -0.15) is 0 Å². The molecule has 1 aliphatic carbocycles. The highest BCUT2D eigenvalue weighted by molar-refractivity contribution is 5.73. The van der Waals surface area contributed by atoms with E-state index in [1.807, 2.05) is 0 Å². The smallest absolute Gasteiger partial charge is 0.0866 e. The van der Waals surface area contributed by atoms with Crippen LogP contribution in [0, 0.1) is 5.92 Å². The molecule has 21 heavy (non-hydrogen) atoms. The second-order valence-corrected chi connectivity index (χ2v) is 5.98. The highest BCUT2D eigenvalue weighted by atomic mass is 16.5. The molecule has 1 aliphatic heterocycles. The summed E-state index contributed by atoms with van der Waals surface area (Å²) in [6, 6.07) is 8.64. The Morgan fingerprint density at radius 2 is 2.00 bits per heavy atom. The molecule has 2 nitrogen and oxygen atoms in total. The Morgan fingerprint density at radius 1 is 1.19 bits per heavy atom. The summed E-state index contributed by atoms with van der Waals surface area (Å²) in [6.45, 7) is 1.77. The third-order valence-corrected chi connectivity index (χ3v) is 4.14. The van der Waals surface area contributed by atoms with Gasteiger partial charge in [-0.1, -0.05) is 54.6 Å². The second-order valence-electron chi connectivity index (χ2n) is 5.98. The Kier molecular flexibility index (Phi) is 4.37. The molecule has 2 aliphatic rings. The van der Waals surface area contributed by atoms with Crippen LogP contribution in [0.2, 0.25) is 0 Å². The van der Waals surface area contributed by atoms with Gasteiger partial charge in [0.15, 0.2) is 0 Å². The lowest BCUT2D eigenvalue weighted by molar-refractivity contribution is 0.0614. The van der Waals surface area contributed by atoms with Crippen LogP contribution in [-0.2, 0) is 11.3 Å². The Bertz CT molecular complexity index is 583. The van der Waals surface area contributed by atoms with Crippen molar-refractivity contribution in [2.24, 2.45) is 5.92 Å². The van der Waals surface area contributed by atoms with Crippen molar-refractivity contribution in [1.82, 2.24) is 4.90 Å². The van der Waals surface area contributed by atoms with Gasteiger partial charge in [-0.3, -0.25) is 0 Å². The van der Waals surface area contributed by atoms with E-state index < -0.39 is 0 Å². The van der Waals surface area contributed by atoms with E-state index >= 15 is 0 Å². The van der Waals surface area contributed by atoms with Crippen LogP contribution in [0.4, 0.5) is 0 Å². The summed E-state index contributed by atoms with van der Waals surface area (Å²) >= 11 is 0. The second kappa shape index (κ2) is 6.42. The number of hydrogen-bond donors (Lipinski definition) is 0. The maximum Gasteiger partial charge on any atom is 0.0866 e. The number of rotatable bonds is 3.